The Morgan fingerprint density at radius 2 is 0.772 bits per heavy atom. The van der Waals surface area contributed by atoms with Crippen molar-refractivity contribution < 1.29 is 24.1 Å². The minimum atomic E-state index is 0.0785. The molecule has 19 nitrogen and oxygen atoms in total. The number of hydrogen-bond acceptors (Lipinski definition) is 11. The summed E-state index contributed by atoms with van der Waals surface area (Å²) < 4.78 is 23.9. The summed E-state index contributed by atoms with van der Waals surface area (Å²) in [4.78, 5) is 51.6. The molecule has 0 radical (unpaired) electrons. The lowest BCUT2D eigenvalue weighted by atomic mass is 10.1. The van der Waals surface area contributed by atoms with Crippen LogP contribution in [0.5, 0.6) is 23.0 Å². The number of nitrogens with one attached hydrogen (secondary N) is 8. The van der Waals surface area contributed by atoms with Gasteiger partial charge in [0.15, 0.2) is 0 Å². The second kappa shape index (κ2) is 34.4. The summed E-state index contributed by atoms with van der Waals surface area (Å²) in [6.45, 7) is 34.5. The van der Waals surface area contributed by atoms with Crippen LogP contribution < -0.4 is 99.3 Å². The Balaban J connectivity index is 0.000000127. The molecule has 0 saturated carbocycles. The van der Waals surface area contributed by atoms with Crippen molar-refractivity contribution in [3.8, 4) is 23.0 Å². The molecule has 5 aliphatic heterocycles. The second-order valence-electron chi connectivity index (χ2n) is 31.2. The lowest BCUT2D eigenvalue weighted by Gasteiger charge is -2.26. The van der Waals surface area contributed by atoms with Crippen molar-refractivity contribution in [3.05, 3.63) is 298 Å². The van der Waals surface area contributed by atoms with Gasteiger partial charge in [-0.1, -0.05) is 72.8 Å². The third kappa shape index (κ3) is 18.5. The van der Waals surface area contributed by atoms with Crippen LogP contribution in [0, 0.1) is 55.4 Å². The van der Waals surface area contributed by atoms with Gasteiger partial charge in [-0.3, -0.25) is 4.90 Å². The van der Waals surface area contributed by atoms with Gasteiger partial charge in [0.25, 0.3) is 0 Å². The molecule has 17 rings (SSSR count). The lowest BCUT2D eigenvalue weighted by molar-refractivity contribution is 0.0390. The van der Waals surface area contributed by atoms with E-state index >= 15 is 0 Å². The fraction of sp³-hybridized carbons (Fsp3) is 0.284. The van der Waals surface area contributed by atoms with E-state index in [1.165, 1.54) is 38.3 Å². The Kier molecular flexibility index (Phi) is 23.7. The van der Waals surface area contributed by atoms with Crippen molar-refractivity contribution in [2.45, 2.75) is 128 Å². The first-order valence-corrected chi connectivity index (χ1v) is 39.6. The molecule has 0 amide bonds. The average molecular weight is 1520 g/mol. The van der Waals surface area contributed by atoms with Crippen LogP contribution in [0.2, 0.25) is 0 Å². The van der Waals surface area contributed by atoms with Crippen molar-refractivity contribution in [1.29, 1.82) is 0 Å². The Hall–Kier alpha value is -12.2. The number of nitrogens with zero attached hydrogens (tertiary/aromatic N) is 6. The summed E-state index contributed by atoms with van der Waals surface area (Å²) in [5.74, 6) is 2.76. The van der Waals surface area contributed by atoms with Crippen molar-refractivity contribution in [2.75, 3.05) is 53.5 Å². The van der Waals surface area contributed by atoms with Gasteiger partial charge >= 0.3 is 0 Å². The number of fused-ring (bicyclic) bond motifs is 4. The number of morpholine rings is 1. The molecular weight excluding hydrogens is 1420 g/mol. The summed E-state index contributed by atoms with van der Waals surface area (Å²) in [5, 5.41) is 26.3. The predicted molar refractivity (Wildman–Crippen MR) is 458 cm³/mol. The zero-order valence-electron chi connectivity index (χ0n) is 68.5. The van der Waals surface area contributed by atoms with Gasteiger partial charge in [-0.15, -0.1) is 0 Å². The zero-order chi connectivity index (χ0) is 80.0. The molecule has 0 unspecified atom stereocenters. The maximum Gasteiger partial charge on any atom is 0.145 e. The SMILES string of the molecule is Cc1cc(C)c(/C=c2\[nH]c(=C3C=c4ccccc4=N3)cc2O)[nH]1.Cc1cc(C)c(/C=c2\[nH]c(=C3C=c4ccccc4=N3)cc2OC(C)C)[nH]1.Cc1cc(C)c(/C=c2\[nH]c(=C3N=c4ccccc4=C3CCN(C)C)cc2OC(C)C)[nH]1.Cc1cc(C)c(/C=c2\[nH]c(=C3N=c4ccccc4=C3CCN3CCOCC3)cc2OC(C)C)[nH]1. The number of ether oxygens (including phenoxy) is 4. The number of aromatic nitrogens is 8. The summed E-state index contributed by atoms with van der Waals surface area (Å²) >= 11 is 0. The number of H-pyrrole nitrogens is 8. The van der Waals surface area contributed by atoms with Crippen LogP contribution in [-0.2, 0) is 4.74 Å². The van der Waals surface area contributed by atoms with E-state index in [1.54, 1.807) is 6.07 Å². The van der Waals surface area contributed by atoms with Crippen molar-refractivity contribution in [3.63, 3.8) is 0 Å². The number of rotatable bonds is 16. The number of aryl methyl sites for hydroxylation is 8. The highest BCUT2D eigenvalue weighted by atomic mass is 16.5. The molecule has 19 heteroatoms. The molecule has 586 valence electrons. The largest absolute Gasteiger partial charge is 0.506 e. The molecule has 0 bridgehead atoms. The third-order valence-electron chi connectivity index (χ3n) is 20.3. The van der Waals surface area contributed by atoms with Gasteiger partial charge in [0.2, 0.25) is 0 Å². The number of para-hydroxylation sites is 4. The zero-order valence-corrected chi connectivity index (χ0v) is 68.5. The van der Waals surface area contributed by atoms with Crippen molar-refractivity contribution >= 4 is 70.4 Å². The van der Waals surface area contributed by atoms with Gasteiger partial charge in [0.05, 0.1) is 119 Å². The molecule has 13 heterocycles. The first-order valence-electron chi connectivity index (χ1n) is 39.6. The summed E-state index contributed by atoms with van der Waals surface area (Å²) in [6.07, 6.45) is 14.6. The smallest absolute Gasteiger partial charge is 0.145 e. The van der Waals surface area contributed by atoms with Gasteiger partial charge in [0, 0.05) is 117 Å². The van der Waals surface area contributed by atoms with Crippen LogP contribution in [0.3, 0.4) is 0 Å². The molecule has 0 atom stereocenters. The van der Waals surface area contributed by atoms with Crippen LogP contribution >= 0.6 is 0 Å². The molecule has 1 fully saturated rings. The average Bonchev–Trinajstić information content (AvgIpc) is 1.66. The van der Waals surface area contributed by atoms with Crippen LogP contribution in [0.15, 0.2) is 166 Å². The Morgan fingerprint density at radius 1 is 0.421 bits per heavy atom. The number of aromatic hydroxyl groups is 1. The van der Waals surface area contributed by atoms with Crippen LogP contribution in [0.4, 0.5) is 0 Å². The molecule has 1 saturated heterocycles. The van der Waals surface area contributed by atoms with E-state index in [-0.39, 0.29) is 24.1 Å². The highest BCUT2D eigenvalue weighted by molar-refractivity contribution is 5.90. The Labute approximate surface area is 663 Å². The van der Waals surface area contributed by atoms with Gasteiger partial charge in [-0.05, 0) is 242 Å². The highest BCUT2D eigenvalue weighted by Gasteiger charge is 2.21. The minimum Gasteiger partial charge on any atom is -0.506 e. The van der Waals surface area contributed by atoms with Crippen molar-refractivity contribution in [2.24, 2.45) is 20.0 Å². The second-order valence-corrected chi connectivity index (χ2v) is 31.2. The fourth-order valence-electron chi connectivity index (χ4n) is 15.0. The summed E-state index contributed by atoms with van der Waals surface area (Å²) in [7, 11) is 4.21. The van der Waals surface area contributed by atoms with E-state index in [4.69, 9.17) is 33.9 Å². The van der Waals surface area contributed by atoms with Gasteiger partial charge in [-0.25, -0.2) is 20.0 Å². The standard InChI is InChI=1S/C28H34N4O2.C26H32N4O.C22H23N3O.C19H17N3O/c1-18(2)34-27-17-26(30-25(27)16-24-19(3)15-20(4)29-24)28-22(9-10-32-11-13-33-14-12-32)21-7-5-6-8-23(21)31-28;1-16(2)31-25-15-24(28-23(25)14-22-17(3)13-18(4)27-22)26-20(11-12-30(5)6)19-9-7-8-10-21(19)29-26;1-13(2)26-22-12-20(19-10-16-7-5-6-8-17(16)24-19)25-21(22)11-18-14(3)9-15(4)23-18;1-11-7-12(2)20-15(11)9-18-19(23)10-17(22-18)16-8-13-5-3-4-6-14(13)21-16/h5-8,15-18,29-30H,9-14H2,1-4H3;7-10,13-16,27-28H,11-12H2,1-6H3;5-13,23,25H,1-4H3;3-10,20,22-23H,1-2H3/b25-16-,28-26?;23-14-,26-24?;20-19?,21-11-;17-16?,18-9-. The number of hydrogen-bond donors (Lipinski definition) is 9. The van der Waals surface area contributed by atoms with E-state index in [9.17, 15) is 5.11 Å². The Bertz CT molecular complexity index is 6660. The van der Waals surface area contributed by atoms with E-state index in [0.717, 1.165) is 213 Å². The summed E-state index contributed by atoms with van der Waals surface area (Å²) in [5.41, 5.74) is 20.0. The lowest BCUT2D eigenvalue weighted by Crippen LogP contribution is -2.37. The van der Waals surface area contributed by atoms with Gasteiger partial charge < -0.3 is 68.8 Å². The molecule has 12 aromatic rings. The number of aromatic amines is 8. The topological polar surface area (TPSA) is 239 Å². The fourth-order valence-corrected chi connectivity index (χ4v) is 15.0. The highest BCUT2D eigenvalue weighted by Crippen LogP contribution is 2.23. The van der Waals surface area contributed by atoms with Crippen molar-refractivity contribution in [1.82, 2.24) is 49.7 Å². The molecule has 114 heavy (non-hydrogen) atoms. The quantitative estimate of drug-likeness (QED) is 0.0519. The maximum absolute atomic E-state index is 10.2. The van der Waals surface area contributed by atoms with E-state index < -0.39 is 0 Å². The first kappa shape index (κ1) is 78.5. The molecular formula is C95H106N14O5. The maximum atomic E-state index is 10.2. The Morgan fingerprint density at radius 3 is 1.16 bits per heavy atom. The third-order valence-corrected chi connectivity index (χ3v) is 20.3. The first-order chi connectivity index (χ1) is 54.9. The molecule has 0 aliphatic carbocycles. The van der Waals surface area contributed by atoms with E-state index in [1.807, 2.05) is 94.4 Å². The molecule has 9 N–H and O–H groups in total. The molecule has 8 aromatic heterocycles. The van der Waals surface area contributed by atoms with E-state index in [2.05, 4.69) is 247 Å². The van der Waals surface area contributed by atoms with Gasteiger partial charge in [0.1, 0.15) is 23.0 Å². The minimum absolute atomic E-state index is 0.0785. The molecule has 0 spiro atoms. The van der Waals surface area contributed by atoms with Crippen LogP contribution in [0.1, 0.15) is 122 Å². The molecule has 5 aliphatic rings. The molecule has 4 aromatic carbocycles. The van der Waals surface area contributed by atoms with Crippen LogP contribution in [-0.4, -0.2) is 127 Å². The summed E-state index contributed by atoms with van der Waals surface area (Å²) in [6, 6.07) is 49.5. The van der Waals surface area contributed by atoms with Gasteiger partial charge in [-0.2, -0.15) is 0 Å². The predicted octanol–water partition coefficient (Wildman–Crippen LogP) is 6.52. The van der Waals surface area contributed by atoms with E-state index in [0.29, 0.717) is 5.35 Å². The monoisotopic (exact) mass is 1520 g/mol. The van der Waals surface area contributed by atoms with Crippen LogP contribution in [0.25, 0.3) is 70.4 Å². The normalized spacial score (nSPS) is 16.7. The number of benzene rings is 4.